The van der Waals surface area contributed by atoms with Gasteiger partial charge in [0.15, 0.2) is 0 Å². The first-order chi connectivity index (χ1) is 16.0. The van der Waals surface area contributed by atoms with Crippen molar-refractivity contribution in [3.63, 3.8) is 0 Å². The number of phenols is 1. The van der Waals surface area contributed by atoms with Crippen LogP contribution in [0.5, 0.6) is 5.75 Å². The van der Waals surface area contributed by atoms with Crippen molar-refractivity contribution in [3.05, 3.63) is 29.8 Å². The van der Waals surface area contributed by atoms with Crippen LogP contribution in [-0.2, 0) is 30.4 Å². The number of carbonyl (C=O) groups is 5. The van der Waals surface area contributed by atoms with Gasteiger partial charge in [-0.15, -0.1) is 0 Å². The molecule has 4 unspecified atom stereocenters. The van der Waals surface area contributed by atoms with Crippen molar-refractivity contribution in [1.29, 1.82) is 0 Å². The summed E-state index contributed by atoms with van der Waals surface area (Å²) in [6.07, 6.45) is 0.154. The molecule has 2 rings (SSSR count). The molecule has 1 aliphatic heterocycles. The van der Waals surface area contributed by atoms with Gasteiger partial charge in [0, 0.05) is 6.54 Å². The number of nitrogens with two attached hydrogens (primary N) is 2. The lowest BCUT2D eigenvalue weighted by molar-refractivity contribution is -0.149. The highest BCUT2D eigenvalue weighted by atomic mass is 16.4. The van der Waals surface area contributed by atoms with Gasteiger partial charge in [-0.05, 0) is 37.0 Å². The fourth-order valence-corrected chi connectivity index (χ4v) is 3.61. The molecular weight excluding hydrogens is 450 g/mol. The Morgan fingerprint density at radius 1 is 1.06 bits per heavy atom. The average molecular weight is 479 g/mol. The quantitative estimate of drug-likeness (QED) is 0.173. The van der Waals surface area contributed by atoms with E-state index in [9.17, 15) is 39.3 Å². The van der Waals surface area contributed by atoms with Crippen LogP contribution in [0.25, 0.3) is 0 Å². The molecule has 4 atom stereocenters. The normalized spacial score (nSPS) is 17.9. The highest BCUT2D eigenvalue weighted by Crippen LogP contribution is 2.19. The van der Waals surface area contributed by atoms with Crippen LogP contribution in [0.3, 0.4) is 0 Å². The Hall–Kier alpha value is -3.71. The summed E-state index contributed by atoms with van der Waals surface area (Å²) in [5, 5.41) is 32.8. The highest BCUT2D eigenvalue weighted by molar-refractivity contribution is 5.96. The molecule has 0 bridgehead atoms. The monoisotopic (exact) mass is 479 g/mol. The number of carbonyl (C=O) groups excluding carboxylic acids is 4. The second-order valence-corrected chi connectivity index (χ2v) is 7.98. The second-order valence-electron chi connectivity index (χ2n) is 7.98. The number of aliphatic hydroxyl groups excluding tert-OH is 1. The summed E-state index contributed by atoms with van der Waals surface area (Å²) in [6, 6.07) is 0.853. The second kappa shape index (κ2) is 12.0. The van der Waals surface area contributed by atoms with Gasteiger partial charge in [0.1, 0.15) is 23.9 Å². The lowest BCUT2D eigenvalue weighted by atomic mass is 10.1. The van der Waals surface area contributed by atoms with Gasteiger partial charge in [-0.25, -0.2) is 4.79 Å². The number of aliphatic carboxylic acids is 1. The number of likely N-dealkylation sites (tertiary alicyclic amines) is 1. The Morgan fingerprint density at radius 2 is 1.68 bits per heavy atom. The number of phenolic OH excluding ortho intramolecular Hbond substituents is 1. The number of aromatic hydroxyl groups is 1. The van der Waals surface area contributed by atoms with Crippen LogP contribution in [0.4, 0.5) is 0 Å². The van der Waals surface area contributed by atoms with Crippen molar-refractivity contribution >= 4 is 29.6 Å². The molecule has 1 aromatic carbocycles. The third kappa shape index (κ3) is 7.15. The molecule has 13 nitrogen and oxygen atoms in total. The van der Waals surface area contributed by atoms with Crippen LogP contribution in [0.1, 0.15) is 24.8 Å². The standard InChI is InChI=1S/C21H29N5O8/c22-13(8-11-3-5-12(28)6-4-11)18(30)25-15(10-27)19(31)24-14(9-17(23)29)20(32)26-7-1-2-16(26)21(33)34/h3-6,13-16,27-28H,1-2,7-10,22H2,(H2,23,29)(H,24,31)(H,25,30)(H,33,34). The van der Waals surface area contributed by atoms with Gasteiger partial charge in [0.25, 0.3) is 0 Å². The molecule has 1 saturated heterocycles. The fraction of sp³-hybridized carbons (Fsp3) is 0.476. The van der Waals surface area contributed by atoms with E-state index in [1.54, 1.807) is 12.1 Å². The van der Waals surface area contributed by atoms with E-state index in [1.807, 2.05) is 0 Å². The van der Waals surface area contributed by atoms with E-state index in [2.05, 4.69) is 10.6 Å². The summed E-state index contributed by atoms with van der Waals surface area (Å²) in [4.78, 5) is 61.8. The first-order valence-corrected chi connectivity index (χ1v) is 10.6. The number of aliphatic hydroxyl groups is 1. The molecule has 1 aromatic rings. The van der Waals surface area contributed by atoms with Gasteiger partial charge in [-0.1, -0.05) is 12.1 Å². The molecular formula is C21H29N5O8. The first kappa shape index (κ1) is 26.5. The zero-order valence-electron chi connectivity index (χ0n) is 18.3. The zero-order chi connectivity index (χ0) is 25.4. The van der Waals surface area contributed by atoms with Crippen molar-refractivity contribution in [2.45, 2.75) is 49.9 Å². The number of nitrogens with zero attached hydrogens (tertiary/aromatic N) is 1. The van der Waals surface area contributed by atoms with Gasteiger partial charge >= 0.3 is 5.97 Å². The van der Waals surface area contributed by atoms with Crippen molar-refractivity contribution in [2.24, 2.45) is 11.5 Å². The maximum atomic E-state index is 12.9. The van der Waals surface area contributed by atoms with E-state index < -0.39 is 66.8 Å². The molecule has 0 aromatic heterocycles. The third-order valence-electron chi connectivity index (χ3n) is 5.39. The number of benzene rings is 1. The molecule has 0 aliphatic carbocycles. The molecule has 0 radical (unpaired) electrons. The number of rotatable bonds is 11. The molecule has 13 heteroatoms. The molecule has 1 fully saturated rings. The predicted octanol–water partition coefficient (Wildman–Crippen LogP) is -2.83. The summed E-state index contributed by atoms with van der Waals surface area (Å²) >= 11 is 0. The molecule has 0 spiro atoms. The van der Waals surface area contributed by atoms with Crippen molar-refractivity contribution in [1.82, 2.24) is 15.5 Å². The van der Waals surface area contributed by atoms with Crippen molar-refractivity contribution in [2.75, 3.05) is 13.2 Å². The maximum Gasteiger partial charge on any atom is 0.326 e. The Labute approximate surface area is 195 Å². The molecule has 1 aliphatic rings. The lowest BCUT2D eigenvalue weighted by Gasteiger charge is -2.28. The van der Waals surface area contributed by atoms with E-state index in [0.29, 0.717) is 12.0 Å². The van der Waals surface area contributed by atoms with E-state index >= 15 is 0 Å². The van der Waals surface area contributed by atoms with Crippen molar-refractivity contribution in [3.8, 4) is 5.75 Å². The molecule has 4 amide bonds. The number of primary amides is 1. The molecule has 34 heavy (non-hydrogen) atoms. The van der Waals surface area contributed by atoms with Gasteiger partial charge in [0.05, 0.1) is 19.1 Å². The number of amides is 4. The number of carboxylic acids is 1. The lowest BCUT2D eigenvalue weighted by Crippen LogP contribution is -2.58. The predicted molar refractivity (Wildman–Crippen MR) is 117 cm³/mol. The number of hydrogen-bond donors (Lipinski definition) is 7. The summed E-state index contributed by atoms with van der Waals surface area (Å²) in [6.45, 7) is -0.699. The van der Waals surface area contributed by atoms with E-state index in [-0.39, 0.29) is 25.1 Å². The zero-order valence-corrected chi connectivity index (χ0v) is 18.3. The van der Waals surface area contributed by atoms with Crippen LogP contribution < -0.4 is 22.1 Å². The Balaban J connectivity index is 2.04. The SMILES string of the molecule is NC(=O)CC(NC(=O)C(CO)NC(=O)C(N)Cc1ccc(O)cc1)C(=O)N1CCCC1C(=O)O. The minimum Gasteiger partial charge on any atom is -0.508 e. The highest BCUT2D eigenvalue weighted by Gasteiger charge is 2.38. The fourth-order valence-electron chi connectivity index (χ4n) is 3.61. The first-order valence-electron chi connectivity index (χ1n) is 10.6. The summed E-state index contributed by atoms with van der Waals surface area (Å²) in [7, 11) is 0. The van der Waals surface area contributed by atoms with Crippen LogP contribution >= 0.6 is 0 Å². The topological polar surface area (TPSA) is 225 Å². The van der Waals surface area contributed by atoms with Gasteiger partial charge < -0.3 is 42.3 Å². The van der Waals surface area contributed by atoms with Crippen LogP contribution in [0, 0.1) is 0 Å². The third-order valence-corrected chi connectivity index (χ3v) is 5.39. The minimum absolute atomic E-state index is 0.0439. The van der Waals surface area contributed by atoms with Gasteiger partial charge in [0.2, 0.25) is 23.6 Å². The van der Waals surface area contributed by atoms with Crippen molar-refractivity contribution < 1.29 is 39.3 Å². The summed E-state index contributed by atoms with van der Waals surface area (Å²) in [5.41, 5.74) is 11.7. The molecule has 0 saturated carbocycles. The van der Waals surface area contributed by atoms with Gasteiger partial charge in [-0.3, -0.25) is 19.2 Å². The minimum atomic E-state index is -1.49. The Morgan fingerprint density at radius 3 is 2.24 bits per heavy atom. The molecule has 1 heterocycles. The largest absolute Gasteiger partial charge is 0.508 e. The van der Waals surface area contributed by atoms with Crippen LogP contribution in [0.15, 0.2) is 24.3 Å². The number of nitrogens with one attached hydrogen (secondary N) is 2. The van der Waals surface area contributed by atoms with Crippen LogP contribution in [-0.4, -0.2) is 87.1 Å². The molecule has 9 N–H and O–H groups in total. The average Bonchev–Trinajstić information content (AvgIpc) is 3.27. The van der Waals surface area contributed by atoms with Crippen LogP contribution in [0.2, 0.25) is 0 Å². The number of hydrogen-bond acceptors (Lipinski definition) is 8. The smallest absolute Gasteiger partial charge is 0.326 e. The van der Waals surface area contributed by atoms with Gasteiger partial charge in [-0.2, -0.15) is 0 Å². The van der Waals surface area contributed by atoms with E-state index in [4.69, 9.17) is 11.5 Å². The Kier molecular flexibility index (Phi) is 9.33. The summed E-state index contributed by atoms with van der Waals surface area (Å²) in [5.74, 6) is -4.61. The maximum absolute atomic E-state index is 12.9. The van der Waals surface area contributed by atoms with E-state index in [1.165, 1.54) is 12.1 Å². The summed E-state index contributed by atoms with van der Waals surface area (Å²) < 4.78 is 0. The Bertz CT molecular complexity index is 922. The number of carboxylic acid groups (broad SMARTS) is 1. The molecule has 186 valence electrons. The van der Waals surface area contributed by atoms with E-state index in [0.717, 1.165) is 4.90 Å².